The van der Waals surface area contributed by atoms with Gasteiger partial charge in [0.25, 0.3) is 5.60 Å². The molecular weight excluding hydrogens is 294 g/mol. The van der Waals surface area contributed by atoms with Crippen molar-refractivity contribution < 1.29 is 32.2 Å². The number of carbonyl (C=O) groups excluding carboxylic acids is 1. The van der Waals surface area contributed by atoms with Crippen molar-refractivity contribution in [2.45, 2.75) is 18.7 Å². The normalized spacial score (nSPS) is 15.0. The number of aliphatic hydroxyl groups is 1. The number of fused-ring (bicyclic) bond motifs is 1. The molecule has 0 amide bonds. The topological polar surface area (TPSA) is 62.3 Å². The van der Waals surface area contributed by atoms with Gasteiger partial charge >= 0.3 is 12.1 Å². The quantitative estimate of drug-likeness (QED) is 0.677. The van der Waals surface area contributed by atoms with Gasteiger partial charge in [-0.25, -0.2) is 9.18 Å². The lowest BCUT2D eigenvalue weighted by Crippen LogP contribution is -2.50. The van der Waals surface area contributed by atoms with Gasteiger partial charge in [-0.3, -0.25) is 0 Å². The lowest BCUT2D eigenvalue weighted by atomic mass is 9.92. The summed E-state index contributed by atoms with van der Waals surface area (Å²) in [5, 5.41) is 9.84. The lowest BCUT2D eigenvalue weighted by Gasteiger charge is -2.27. The fraction of sp³-hybridized carbons (Fsp3) is 0.308. The van der Waals surface area contributed by atoms with Crippen LogP contribution in [0.25, 0.3) is 10.9 Å². The maximum atomic E-state index is 13.2. The van der Waals surface area contributed by atoms with Gasteiger partial charge in [-0.2, -0.15) is 13.2 Å². The van der Waals surface area contributed by atoms with E-state index in [0.29, 0.717) is 0 Å². The van der Waals surface area contributed by atoms with Crippen molar-refractivity contribution in [1.82, 2.24) is 4.98 Å². The van der Waals surface area contributed by atoms with E-state index in [1.807, 2.05) is 0 Å². The fourth-order valence-electron chi connectivity index (χ4n) is 2.01. The fourth-order valence-corrected chi connectivity index (χ4v) is 2.01. The molecule has 0 fully saturated rings. The van der Waals surface area contributed by atoms with Crippen LogP contribution in [0.5, 0.6) is 0 Å². The summed E-state index contributed by atoms with van der Waals surface area (Å²) in [6.45, 7) is 0.994. The van der Waals surface area contributed by atoms with Crippen LogP contribution in [-0.4, -0.2) is 28.8 Å². The molecule has 0 aliphatic rings. The molecule has 21 heavy (non-hydrogen) atoms. The van der Waals surface area contributed by atoms with Gasteiger partial charge in [-0.15, -0.1) is 0 Å². The highest BCUT2D eigenvalue weighted by Crippen LogP contribution is 2.42. The van der Waals surface area contributed by atoms with Crippen LogP contribution in [0.2, 0.25) is 0 Å². The summed E-state index contributed by atoms with van der Waals surface area (Å²) in [5.41, 5.74) is -4.53. The number of aromatic amines is 1. The Hall–Kier alpha value is -2.09. The Bertz CT molecular complexity index is 680. The maximum absolute atomic E-state index is 13.2. The summed E-state index contributed by atoms with van der Waals surface area (Å²) in [4.78, 5) is 14.0. The van der Waals surface area contributed by atoms with Crippen LogP contribution in [0.15, 0.2) is 24.4 Å². The maximum Gasteiger partial charge on any atom is 0.432 e. The number of carbonyl (C=O) groups is 1. The number of hydrogen-bond acceptors (Lipinski definition) is 3. The smallest absolute Gasteiger partial charge is 0.432 e. The molecule has 0 bridgehead atoms. The van der Waals surface area contributed by atoms with E-state index in [4.69, 9.17) is 0 Å². The van der Waals surface area contributed by atoms with Crippen molar-refractivity contribution in [1.29, 1.82) is 0 Å². The number of alkyl halides is 3. The highest BCUT2D eigenvalue weighted by molar-refractivity contribution is 5.92. The van der Waals surface area contributed by atoms with Crippen molar-refractivity contribution in [2.75, 3.05) is 6.61 Å². The van der Waals surface area contributed by atoms with Crippen LogP contribution in [0.1, 0.15) is 12.5 Å². The van der Waals surface area contributed by atoms with Crippen LogP contribution >= 0.6 is 0 Å². The summed E-state index contributed by atoms with van der Waals surface area (Å²) >= 11 is 0. The van der Waals surface area contributed by atoms with Crippen LogP contribution in [0.4, 0.5) is 17.6 Å². The third-order valence-corrected chi connectivity index (χ3v) is 3.01. The minimum atomic E-state index is -5.29. The van der Waals surface area contributed by atoms with Gasteiger partial charge in [0.1, 0.15) is 5.82 Å². The Kier molecular flexibility index (Phi) is 3.66. The minimum Gasteiger partial charge on any atom is -0.463 e. The van der Waals surface area contributed by atoms with Gasteiger partial charge in [0.2, 0.25) is 0 Å². The van der Waals surface area contributed by atoms with Gasteiger partial charge in [-0.1, -0.05) is 0 Å². The average Bonchev–Trinajstić information content (AvgIpc) is 2.79. The Morgan fingerprint density at radius 1 is 1.38 bits per heavy atom. The number of H-pyrrole nitrogens is 1. The van der Waals surface area contributed by atoms with Crippen LogP contribution < -0.4 is 0 Å². The molecule has 0 saturated carbocycles. The van der Waals surface area contributed by atoms with Crippen molar-refractivity contribution in [3.05, 3.63) is 35.8 Å². The van der Waals surface area contributed by atoms with E-state index in [1.54, 1.807) is 0 Å². The van der Waals surface area contributed by atoms with E-state index < -0.39 is 29.1 Å². The molecule has 0 spiro atoms. The van der Waals surface area contributed by atoms with E-state index >= 15 is 0 Å². The summed E-state index contributed by atoms with van der Waals surface area (Å²) in [6.07, 6.45) is -4.47. The SMILES string of the molecule is CCOC(=O)[C@](O)(c1c[nH]c2cc(F)ccc12)C(F)(F)F. The molecule has 1 heterocycles. The number of benzene rings is 1. The minimum absolute atomic E-state index is 0.0250. The lowest BCUT2D eigenvalue weighted by molar-refractivity contribution is -0.267. The number of aromatic nitrogens is 1. The highest BCUT2D eigenvalue weighted by atomic mass is 19.4. The monoisotopic (exact) mass is 305 g/mol. The molecule has 8 heteroatoms. The van der Waals surface area contributed by atoms with Crippen molar-refractivity contribution in [2.24, 2.45) is 0 Å². The first-order valence-electron chi connectivity index (χ1n) is 5.95. The van der Waals surface area contributed by atoms with E-state index in [-0.39, 0.29) is 17.5 Å². The van der Waals surface area contributed by atoms with Gasteiger partial charge in [0, 0.05) is 22.7 Å². The first kappa shape index (κ1) is 15.3. The Labute approximate surface area is 116 Å². The van der Waals surface area contributed by atoms with Gasteiger partial charge in [0.15, 0.2) is 0 Å². The molecule has 1 aromatic heterocycles. The Balaban J connectivity index is 2.68. The van der Waals surface area contributed by atoms with Gasteiger partial charge in [0.05, 0.1) is 6.61 Å². The van der Waals surface area contributed by atoms with Gasteiger partial charge in [-0.05, 0) is 25.1 Å². The van der Waals surface area contributed by atoms with Crippen LogP contribution in [0.3, 0.4) is 0 Å². The molecule has 2 N–H and O–H groups in total. The third kappa shape index (κ3) is 2.35. The molecule has 0 radical (unpaired) electrons. The number of halogens is 4. The van der Waals surface area contributed by atoms with E-state index in [2.05, 4.69) is 9.72 Å². The first-order valence-corrected chi connectivity index (χ1v) is 5.95. The van der Waals surface area contributed by atoms with Crippen LogP contribution in [0, 0.1) is 5.82 Å². The summed E-state index contributed by atoms with van der Waals surface area (Å²) in [7, 11) is 0. The second kappa shape index (κ2) is 5.03. The largest absolute Gasteiger partial charge is 0.463 e. The van der Waals surface area contributed by atoms with Crippen molar-refractivity contribution in [3.63, 3.8) is 0 Å². The summed E-state index contributed by atoms with van der Waals surface area (Å²) < 4.78 is 57.0. The zero-order chi connectivity index (χ0) is 15.8. The first-order chi connectivity index (χ1) is 9.71. The molecule has 114 valence electrons. The predicted molar refractivity (Wildman–Crippen MR) is 64.8 cm³/mol. The number of esters is 1. The second-order valence-electron chi connectivity index (χ2n) is 4.32. The highest BCUT2D eigenvalue weighted by Gasteiger charge is 2.63. The molecule has 4 nitrogen and oxygen atoms in total. The summed E-state index contributed by atoms with van der Waals surface area (Å²) in [5.74, 6) is -2.50. The number of nitrogens with one attached hydrogen (secondary N) is 1. The number of ether oxygens (including phenoxy) is 1. The zero-order valence-corrected chi connectivity index (χ0v) is 10.8. The molecule has 0 unspecified atom stereocenters. The molecule has 2 aromatic rings. The van der Waals surface area contributed by atoms with Gasteiger partial charge < -0.3 is 14.8 Å². The zero-order valence-electron chi connectivity index (χ0n) is 10.8. The molecule has 0 saturated heterocycles. The van der Waals surface area contributed by atoms with E-state index in [1.165, 1.54) is 6.92 Å². The average molecular weight is 305 g/mol. The van der Waals surface area contributed by atoms with E-state index in [0.717, 1.165) is 24.4 Å². The molecular formula is C13H11F4NO3. The van der Waals surface area contributed by atoms with Crippen LogP contribution in [-0.2, 0) is 15.1 Å². The third-order valence-electron chi connectivity index (χ3n) is 3.01. The molecule has 2 rings (SSSR count). The molecule has 1 aromatic carbocycles. The molecule has 0 aliphatic carbocycles. The summed E-state index contributed by atoms with van der Waals surface area (Å²) in [6, 6.07) is 2.94. The van der Waals surface area contributed by atoms with Crippen molar-refractivity contribution in [3.8, 4) is 0 Å². The van der Waals surface area contributed by atoms with Crippen molar-refractivity contribution >= 4 is 16.9 Å². The van der Waals surface area contributed by atoms with E-state index in [9.17, 15) is 27.5 Å². The predicted octanol–water partition coefficient (Wildman–Crippen LogP) is 2.62. The molecule has 0 aliphatic heterocycles. The standard InChI is InChI=1S/C13H11F4NO3/c1-2-21-11(19)12(20,13(15,16)17)9-6-18-10-5-7(14)3-4-8(9)10/h3-6,18,20H,2H2,1H3/t12-/m1/s1. The Morgan fingerprint density at radius 3 is 2.62 bits per heavy atom. The second-order valence-corrected chi connectivity index (χ2v) is 4.32. The molecule has 1 atom stereocenters. The number of hydrogen-bond donors (Lipinski definition) is 2. The number of rotatable bonds is 3. The Morgan fingerprint density at radius 2 is 2.05 bits per heavy atom.